The Hall–Kier alpha value is -9.56. The molecule has 14 heterocycles. The molecular formula is C86H134N18O6S2. The lowest BCUT2D eigenvalue weighted by Gasteiger charge is -2.00. The molecule has 4 aliphatic rings. The Bertz CT molecular complexity index is 3230. The minimum absolute atomic E-state index is 0.345. The van der Waals surface area contributed by atoms with Gasteiger partial charge in [-0.2, -0.15) is 10.1 Å². The van der Waals surface area contributed by atoms with Gasteiger partial charge in [0.05, 0.1) is 48.6 Å². The zero-order valence-corrected chi connectivity index (χ0v) is 74.0. The standard InChI is InChI=1S/4C7H11N.C7H10O.C6H10N2.4C6H9NO.C6H9NS.C5H9N3.C5H8N2O.C5H8N2S/c1-6(2)7-3-4-8-5-7;4*1-6(2)7-4-3-5-8-7;3*1-5(2)6-7-3-4-8-6;1-5(2)6-3-4-8-7-6;1-5(2)6-3-4-7-8-6;1-5(2)6-7-3-4-8-6;1-5(2)8-4-6-3-7-8;1-4(2)5-6-3-7-8-5;1-4(2)5-7-6-3-8-5/h3,5-6H,4H2,1-2H3;4-6H,3H2,1-2H3;3,5-6H,4H2,1-2H3;3-4,6H,5H2,1-2H3;3-6H,1-2H3;3-5H,1-2H3,(H,7,8);6*3-5H,1-2H3;2*3-4H,1-2H3. The highest BCUT2D eigenvalue weighted by Crippen LogP contribution is 2.19. The molecule has 26 heteroatoms. The molecule has 0 bridgehead atoms. The number of aromatic amines is 1. The van der Waals surface area contributed by atoms with Crippen LogP contribution in [0.15, 0.2) is 211 Å². The van der Waals surface area contributed by atoms with E-state index >= 15 is 0 Å². The largest absolute Gasteiger partial charge is 0.469 e. The van der Waals surface area contributed by atoms with Crippen molar-refractivity contribution in [2.45, 2.75) is 266 Å². The molecule has 0 unspecified atom stereocenters. The molecule has 112 heavy (non-hydrogen) atoms. The van der Waals surface area contributed by atoms with Gasteiger partial charge in [-0.25, -0.2) is 24.9 Å². The maximum atomic E-state index is 5.09. The van der Waals surface area contributed by atoms with Crippen LogP contribution in [0, 0.1) is 23.7 Å². The molecule has 0 spiro atoms. The van der Waals surface area contributed by atoms with Crippen LogP contribution < -0.4 is 0 Å². The lowest BCUT2D eigenvalue weighted by Crippen LogP contribution is -2.02. The van der Waals surface area contributed by atoms with Crippen LogP contribution in [0.3, 0.4) is 0 Å². The number of thiazole rings is 1. The molecule has 616 valence electrons. The molecule has 24 nitrogen and oxygen atoms in total. The number of imidazole rings is 1. The first-order valence-electron chi connectivity index (χ1n) is 39.0. The van der Waals surface area contributed by atoms with Crippen LogP contribution in [-0.2, 0) is 0 Å². The third-order valence-electron chi connectivity index (χ3n) is 15.0. The van der Waals surface area contributed by atoms with E-state index in [1.165, 1.54) is 34.0 Å². The summed E-state index contributed by atoms with van der Waals surface area (Å²) < 4.78 is 31.1. The summed E-state index contributed by atoms with van der Waals surface area (Å²) in [6.45, 7) is 60.8. The number of aliphatic imine (C=N–C) groups is 4. The summed E-state index contributed by atoms with van der Waals surface area (Å²) in [6.07, 6.45) is 40.1. The van der Waals surface area contributed by atoms with E-state index in [4.69, 9.17) is 22.3 Å². The number of nitrogens with zero attached hydrogens (tertiary/aromatic N) is 17. The van der Waals surface area contributed by atoms with Gasteiger partial charge in [0.15, 0.2) is 18.1 Å². The van der Waals surface area contributed by atoms with Gasteiger partial charge in [-0.05, 0) is 67.2 Å². The molecule has 0 saturated heterocycles. The van der Waals surface area contributed by atoms with E-state index in [1.54, 1.807) is 95.4 Å². The maximum absolute atomic E-state index is 5.09. The summed E-state index contributed by atoms with van der Waals surface area (Å²) in [5.74, 6) is 12.1. The van der Waals surface area contributed by atoms with Gasteiger partial charge in [-0.15, -0.1) is 32.9 Å². The van der Waals surface area contributed by atoms with Crippen LogP contribution in [0.1, 0.15) is 317 Å². The molecule has 10 aromatic heterocycles. The predicted molar refractivity (Wildman–Crippen MR) is 461 cm³/mol. The van der Waals surface area contributed by atoms with Crippen molar-refractivity contribution in [3.05, 3.63) is 215 Å². The maximum Gasteiger partial charge on any atom is 0.228 e. The molecule has 0 aromatic carbocycles. The number of rotatable bonds is 14. The number of nitrogens with one attached hydrogen (secondary N) is 1. The number of allylic oxidation sites excluding steroid dienone is 5. The van der Waals surface area contributed by atoms with Crippen LogP contribution in [-0.4, -0.2) is 107 Å². The Labute approximate surface area is 677 Å². The average molecular weight is 1580 g/mol. The Balaban J connectivity index is 0.000000603. The van der Waals surface area contributed by atoms with Crippen LogP contribution in [0.5, 0.6) is 0 Å². The summed E-state index contributed by atoms with van der Waals surface area (Å²) in [5.41, 5.74) is 7.95. The van der Waals surface area contributed by atoms with Crippen LogP contribution in [0.4, 0.5) is 0 Å². The van der Waals surface area contributed by atoms with Crippen molar-refractivity contribution in [1.29, 1.82) is 0 Å². The highest BCUT2D eigenvalue weighted by molar-refractivity contribution is 7.09. The first-order chi connectivity index (χ1) is 53.3. The predicted octanol–water partition coefficient (Wildman–Crippen LogP) is 24.4. The average Bonchev–Trinajstić information content (AvgIpc) is 3.80. The van der Waals surface area contributed by atoms with Gasteiger partial charge in [-0.1, -0.05) is 220 Å². The number of hydrogen-bond donors (Lipinski definition) is 1. The second-order valence-electron chi connectivity index (χ2n) is 29.7. The molecule has 0 fully saturated rings. The van der Waals surface area contributed by atoms with Crippen molar-refractivity contribution in [3.63, 3.8) is 0 Å². The summed E-state index contributed by atoms with van der Waals surface area (Å²) in [5, 5.41) is 26.6. The molecular weight excluding hydrogens is 1450 g/mol. The summed E-state index contributed by atoms with van der Waals surface area (Å²) >= 11 is 3.33. The monoisotopic (exact) mass is 1580 g/mol. The van der Waals surface area contributed by atoms with E-state index in [2.05, 4.69) is 273 Å². The topological polar surface area (TPSA) is 304 Å². The van der Waals surface area contributed by atoms with E-state index in [1.807, 2.05) is 102 Å². The van der Waals surface area contributed by atoms with Crippen molar-refractivity contribution in [2.75, 3.05) is 13.1 Å². The van der Waals surface area contributed by atoms with Gasteiger partial charge in [0.1, 0.15) is 59.3 Å². The van der Waals surface area contributed by atoms with E-state index in [9.17, 15) is 0 Å². The van der Waals surface area contributed by atoms with E-state index < -0.39 is 0 Å². The minimum Gasteiger partial charge on any atom is -0.469 e. The molecule has 4 aliphatic heterocycles. The Morgan fingerprint density at radius 2 is 1.18 bits per heavy atom. The molecule has 0 aliphatic carbocycles. The molecule has 0 atom stereocenters. The molecule has 0 saturated carbocycles. The highest BCUT2D eigenvalue weighted by Gasteiger charge is 2.09. The van der Waals surface area contributed by atoms with E-state index in [-0.39, 0.29) is 0 Å². The Morgan fingerprint density at radius 1 is 0.509 bits per heavy atom. The Morgan fingerprint density at radius 3 is 1.41 bits per heavy atom. The first-order valence-corrected chi connectivity index (χ1v) is 40.8. The third-order valence-corrected chi connectivity index (χ3v) is 17.1. The molecule has 14 rings (SSSR count). The highest BCUT2D eigenvalue weighted by atomic mass is 32.1. The minimum atomic E-state index is 0.345. The lowest BCUT2D eigenvalue weighted by atomic mass is 10.1. The normalized spacial score (nSPS) is 12.4. The van der Waals surface area contributed by atoms with Crippen LogP contribution in [0.25, 0.3) is 0 Å². The fourth-order valence-corrected chi connectivity index (χ4v) is 9.43. The van der Waals surface area contributed by atoms with Gasteiger partial charge in [0, 0.05) is 138 Å². The van der Waals surface area contributed by atoms with Crippen LogP contribution >= 0.6 is 22.7 Å². The zero-order chi connectivity index (χ0) is 83.8. The van der Waals surface area contributed by atoms with E-state index in [0.29, 0.717) is 88.9 Å². The van der Waals surface area contributed by atoms with Crippen molar-refractivity contribution < 1.29 is 26.8 Å². The summed E-state index contributed by atoms with van der Waals surface area (Å²) in [7, 11) is 0. The van der Waals surface area contributed by atoms with Gasteiger partial charge < -0.3 is 31.8 Å². The molecule has 0 amide bonds. The van der Waals surface area contributed by atoms with Crippen molar-refractivity contribution in [1.82, 2.24) is 70.3 Å². The second-order valence-corrected chi connectivity index (χ2v) is 31.5. The number of furan rings is 1. The van der Waals surface area contributed by atoms with Gasteiger partial charge in [0.25, 0.3) is 0 Å². The molecule has 10 aromatic rings. The third kappa shape index (κ3) is 47.6. The van der Waals surface area contributed by atoms with Crippen LogP contribution in [0.2, 0.25) is 0 Å². The quantitative estimate of drug-likeness (QED) is 0.106. The van der Waals surface area contributed by atoms with E-state index in [0.717, 1.165) is 65.8 Å². The van der Waals surface area contributed by atoms with Crippen molar-refractivity contribution >= 4 is 46.5 Å². The number of oxazole rings is 2. The second kappa shape index (κ2) is 60.1. The smallest absolute Gasteiger partial charge is 0.228 e. The van der Waals surface area contributed by atoms with Gasteiger partial charge in [-0.3, -0.25) is 24.7 Å². The van der Waals surface area contributed by atoms with Crippen molar-refractivity contribution in [3.8, 4) is 0 Å². The lowest BCUT2D eigenvalue weighted by molar-refractivity contribution is 0.364. The summed E-state index contributed by atoms with van der Waals surface area (Å²) in [6, 6.07) is 8.09. The number of hydrogen-bond acceptors (Lipinski definition) is 24. The Kier molecular flexibility index (Phi) is 53.9. The number of aromatic nitrogens is 14. The first kappa shape index (κ1) is 100. The fourth-order valence-electron chi connectivity index (χ4n) is 8.21. The van der Waals surface area contributed by atoms with Gasteiger partial charge >= 0.3 is 0 Å². The fraction of sp³-hybridized carbons (Fsp3) is 0.535. The van der Waals surface area contributed by atoms with Crippen molar-refractivity contribution in [2.24, 2.45) is 43.6 Å². The number of H-pyrrole nitrogens is 1. The summed E-state index contributed by atoms with van der Waals surface area (Å²) in [4.78, 5) is 43.4. The zero-order valence-electron chi connectivity index (χ0n) is 72.4. The van der Waals surface area contributed by atoms with Gasteiger partial charge in [0.2, 0.25) is 5.89 Å². The molecule has 0 radical (unpaired) electrons. The molecule has 1 N–H and O–H groups in total. The SMILES string of the molecule is CC(C)C1=CCC=N1.CC(C)C1=CCN=C1.CC(C)C1=NC=CC1.CC(C)C1=NCC=C1.CC(C)c1ccco1.CC(C)c1ccno1.CC(C)c1ccon1.CC(C)c1ncc[nH]1.CC(C)c1ncco1.CC(C)c1ncco1.CC(C)c1nccs1.CC(C)c1ncno1.CC(C)c1nncs1.CC(C)n1cncn1.